The molecule has 2 nitrogen and oxygen atoms in total. The molecule has 1 aliphatic rings. The van der Waals surface area contributed by atoms with Gasteiger partial charge in [0.05, 0.1) is 0 Å². The predicted octanol–water partition coefficient (Wildman–Crippen LogP) is 8.25. The third-order valence-electron chi connectivity index (χ3n) is 7.07. The maximum Gasteiger partial charge on any atom is -0.00178 e. The van der Waals surface area contributed by atoms with Crippen LogP contribution in [0.25, 0.3) is 0 Å². The predicted molar refractivity (Wildman–Crippen MR) is 136 cm³/mol. The summed E-state index contributed by atoms with van der Waals surface area (Å²) in [6.45, 7) is 9.62. The van der Waals surface area contributed by atoms with Crippen molar-refractivity contribution in [1.82, 2.24) is 10.6 Å². The molecule has 2 atom stereocenters. The Bertz CT molecular complexity index is 331. The highest BCUT2D eigenvalue weighted by atomic mass is 14.9. The van der Waals surface area contributed by atoms with Gasteiger partial charge < -0.3 is 10.6 Å². The molecule has 2 N–H and O–H groups in total. The van der Waals surface area contributed by atoms with Crippen LogP contribution in [0.3, 0.4) is 0 Å². The lowest BCUT2D eigenvalue weighted by Crippen LogP contribution is -2.18. The number of unbranched alkanes of at least 4 members (excludes halogenated alkanes) is 15. The first-order valence-electron chi connectivity index (χ1n) is 14.3. The molecule has 1 fully saturated rings. The molecule has 1 aliphatic carbocycles. The highest BCUT2D eigenvalue weighted by molar-refractivity contribution is 4.87. The molecule has 0 aromatic heterocycles. The maximum atomic E-state index is 3.70. The van der Waals surface area contributed by atoms with Gasteiger partial charge in [0.1, 0.15) is 0 Å². The fourth-order valence-electron chi connectivity index (χ4n) is 4.75. The summed E-state index contributed by atoms with van der Waals surface area (Å²) < 4.78 is 0. The lowest BCUT2D eigenvalue weighted by molar-refractivity contribution is 0.514. The maximum absolute atomic E-state index is 3.70. The van der Waals surface area contributed by atoms with Gasteiger partial charge in [0, 0.05) is 0 Å². The van der Waals surface area contributed by atoms with E-state index in [1.54, 1.807) is 0 Å². The van der Waals surface area contributed by atoms with E-state index in [4.69, 9.17) is 0 Å². The Hall–Kier alpha value is -0.0800. The molecule has 2 heteroatoms. The van der Waals surface area contributed by atoms with E-state index in [1.165, 1.54) is 155 Å². The summed E-state index contributed by atoms with van der Waals surface area (Å²) in [5.74, 6) is 2.07. The Morgan fingerprint density at radius 1 is 0.467 bits per heavy atom. The minimum absolute atomic E-state index is 1.01. The Labute approximate surface area is 191 Å². The second kappa shape index (κ2) is 22.1. The zero-order valence-corrected chi connectivity index (χ0v) is 21.1. The number of rotatable bonds is 25. The highest BCUT2D eigenvalue weighted by Crippen LogP contribution is 2.41. The lowest BCUT2D eigenvalue weighted by Gasteiger charge is -2.06. The summed E-state index contributed by atoms with van der Waals surface area (Å²) in [4.78, 5) is 0. The van der Waals surface area contributed by atoms with Crippen molar-refractivity contribution in [3.05, 3.63) is 0 Å². The molecule has 30 heavy (non-hydrogen) atoms. The third kappa shape index (κ3) is 18.7. The van der Waals surface area contributed by atoms with Gasteiger partial charge in [0.2, 0.25) is 0 Å². The topological polar surface area (TPSA) is 24.1 Å². The minimum atomic E-state index is 1.01. The van der Waals surface area contributed by atoms with Crippen molar-refractivity contribution in [2.24, 2.45) is 11.8 Å². The van der Waals surface area contributed by atoms with Crippen LogP contribution in [0.4, 0.5) is 0 Å². The van der Waals surface area contributed by atoms with E-state index in [1.807, 2.05) is 0 Å². The molecule has 0 heterocycles. The molecular weight excluding hydrogens is 364 g/mol. The second-order valence-corrected chi connectivity index (χ2v) is 10.2. The largest absolute Gasteiger partial charge is 0.317 e. The van der Waals surface area contributed by atoms with Gasteiger partial charge >= 0.3 is 0 Å². The SMILES string of the molecule is CCCCCCCCCCCNCCCCCC[C@H]1C[C@@H]1CNCCCCCCC. The Kier molecular flexibility index (Phi) is 20.6. The molecule has 0 aliphatic heterocycles. The summed E-state index contributed by atoms with van der Waals surface area (Å²) >= 11 is 0. The van der Waals surface area contributed by atoms with Gasteiger partial charge in [-0.1, -0.05) is 117 Å². The van der Waals surface area contributed by atoms with Gasteiger partial charge in [-0.2, -0.15) is 0 Å². The number of hydrogen-bond donors (Lipinski definition) is 2. The average molecular weight is 423 g/mol. The van der Waals surface area contributed by atoms with Gasteiger partial charge in [-0.25, -0.2) is 0 Å². The molecular formula is C28H58N2. The molecule has 0 unspecified atom stereocenters. The summed E-state index contributed by atoms with van der Waals surface area (Å²) in [6, 6.07) is 0. The van der Waals surface area contributed by atoms with Crippen LogP contribution in [0.1, 0.15) is 142 Å². The second-order valence-electron chi connectivity index (χ2n) is 10.2. The van der Waals surface area contributed by atoms with Gasteiger partial charge in [-0.05, 0) is 63.7 Å². The number of hydrogen-bond acceptors (Lipinski definition) is 2. The van der Waals surface area contributed by atoms with E-state index < -0.39 is 0 Å². The summed E-state index contributed by atoms with van der Waals surface area (Å²) in [5, 5.41) is 7.36. The van der Waals surface area contributed by atoms with E-state index >= 15 is 0 Å². The zero-order chi connectivity index (χ0) is 21.5. The Balaban J connectivity index is 1.67. The van der Waals surface area contributed by atoms with Crippen LogP contribution in [0.2, 0.25) is 0 Å². The van der Waals surface area contributed by atoms with Gasteiger partial charge in [0.15, 0.2) is 0 Å². The van der Waals surface area contributed by atoms with Crippen LogP contribution in [-0.4, -0.2) is 26.2 Å². The Morgan fingerprint density at radius 2 is 0.900 bits per heavy atom. The standard InChI is InChI=1S/C28H58N2/c1-3-5-7-9-10-11-12-15-18-22-29-23-19-16-13-17-21-27-25-28(27)26-30-24-20-14-8-6-4-2/h27-30H,3-26H2,1-2H3/t27-,28+/m0/s1. The summed E-state index contributed by atoms with van der Waals surface area (Å²) in [7, 11) is 0. The molecule has 180 valence electrons. The molecule has 0 aromatic rings. The van der Waals surface area contributed by atoms with E-state index in [-0.39, 0.29) is 0 Å². The van der Waals surface area contributed by atoms with Crippen LogP contribution in [0.15, 0.2) is 0 Å². The molecule has 0 amide bonds. The van der Waals surface area contributed by atoms with E-state index in [0.717, 1.165) is 11.8 Å². The molecule has 0 saturated heterocycles. The van der Waals surface area contributed by atoms with Crippen molar-refractivity contribution in [2.45, 2.75) is 142 Å². The van der Waals surface area contributed by atoms with Gasteiger partial charge in [-0.15, -0.1) is 0 Å². The van der Waals surface area contributed by atoms with Crippen molar-refractivity contribution < 1.29 is 0 Å². The number of nitrogens with one attached hydrogen (secondary N) is 2. The molecule has 0 spiro atoms. The van der Waals surface area contributed by atoms with Gasteiger partial charge in [-0.3, -0.25) is 0 Å². The summed E-state index contributed by atoms with van der Waals surface area (Å²) in [5.41, 5.74) is 0. The van der Waals surface area contributed by atoms with Crippen LogP contribution in [0.5, 0.6) is 0 Å². The van der Waals surface area contributed by atoms with Crippen molar-refractivity contribution in [1.29, 1.82) is 0 Å². The van der Waals surface area contributed by atoms with Crippen molar-refractivity contribution >= 4 is 0 Å². The van der Waals surface area contributed by atoms with E-state index in [0.29, 0.717) is 0 Å². The fraction of sp³-hybridized carbons (Fsp3) is 1.00. The van der Waals surface area contributed by atoms with Crippen LogP contribution < -0.4 is 10.6 Å². The van der Waals surface area contributed by atoms with Crippen molar-refractivity contribution in [3.63, 3.8) is 0 Å². The van der Waals surface area contributed by atoms with Crippen molar-refractivity contribution in [3.8, 4) is 0 Å². The minimum Gasteiger partial charge on any atom is -0.317 e. The smallest absolute Gasteiger partial charge is 0.00178 e. The zero-order valence-electron chi connectivity index (χ0n) is 21.1. The molecule has 0 bridgehead atoms. The third-order valence-corrected chi connectivity index (χ3v) is 7.07. The fourth-order valence-corrected chi connectivity index (χ4v) is 4.75. The monoisotopic (exact) mass is 422 g/mol. The molecule has 0 aromatic carbocycles. The van der Waals surface area contributed by atoms with Crippen LogP contribution in [0, 0.1) is 11.8 Å². The lowest BCUT2D eigenvalue weighted by atomic mass is 10.1. The quantitative estimate of drug-likeness (QED) is 0.145. The molecule has 1 saturated carbocycles. The summed E-state index contributed by atoms with van der Waals surface area (Å²) in [6.07, 6.45) is 28.6. The first kappa shape index (κ1) is 28.0. The van der Waals surface area contributed by atoms with Gasteiger partial charge in [0.25, 0.3) is 0 Å². The first-order valence-corrected chi connectivity index (χ1v) is 14.3. The molecule has 1 rings (SSSR count). The van der Waals surface area contributed by atoms with E-state index in [9.17, 15) is 0 Å². The Morgan fingerprint density at radius 3 is 1.43 bits per heavy atom. The average Bonchev–Trinajstić information content (AvgIpc) is 3.51. The van der Waals surface area contributed by atoms with Crippen LogP contribution >= 0.6 is 0 Å². The van der Waals surface area contributed by atoms with Crippen molar-refractivity contribution in [2.75, 3.05) is 26.2 Å². The molecule has 0 radical (unpaired) electrons. The highest BCUT2D eigenvalue weighted by Gasteiger charge is 2.35. The van der Waals surface area contributed by atoms with Crippen LogP contribution in [-0.2, 0) is 0 Å². The van der Waals surface area contributed by atoms with E-state index in [2.05, 4.69) is 24.5 Å². The normalized spacial score (nSPS) is 18.2. The first-order chi connectivity index (χ1) is 14.9.